The molecule has 0 atom stereocenters. The summed E-state index contributed by atoms with van der Waals surface area (Å²) in [6.45, 7) is 2.39. The molecule has 1 amide bonds. The molecule has 0 saturated carbocycles. The molecule has 0 radical (unpaired) electrons. The largest absolute Gasteiger partial charge is 0.481 e. The van der Waals surface area contributed by atoms with Gasteiger partial charge in [0.15, 0.2) is 0 Å². The van der Waals surface area contributed by atoms with E-state index in [9.17, 15) is 9.59 Å². The molecule has 14 heavy (non-hydrogen) atoms. The fourth-order valence-corrected chi connectivity index (χ4v) is 1.49. The Labute approximate surface area is 83.3 Å². The lowest BCUT2D eigenvalue weighted by atomic mass is 10.3. The van der Waals surface area contributed by atoms with Crippen LogP contribution in [0.25, 0.3) is 0 Å². The van der Waals surface area contributed by atoms with E-state index in [-0.39, 0.29) is 12.3 Å². The number of hydrogen-bond acceptors (Lipinski definition) is 3. The molecule has 80 valence electrons. The highest BCUT2D eigenvalue weighted by Gasteiger charge is 2.18. The van der Waals surface area contributed by atoms with Crippen molar-refractivity contribution in [2.45, 2.75) is 12.8 Å². The van der Waals surface area contributed by atoms with Crippen molar-refractivity contribution in [3.05, 3.63) is 0 Å². The number of rotatable bonds is 3. The second-order valence-electron chi connectivity index (χ2n) is 3.59. The zero-order valence-corrected chi connectivity index (χ0v) is 8.40. The smallest absolute Gasteiger partial charge is 0.304 e. The summed E-state index contributed by atoms with van der Waals surface area (Å²) in [6.07, 6.45) is 1.03. The van der Waals surface area contributed by atoms with Gasteiger partial charge in [0.2, 0.25) is 5.91 Å². The molecule has 0 aliphatic carbocycles. The molecule has 5 heteroatoms. The number of hydrogen-bond donors (Lipinski definition) is 1. The molecule has 1 N–H and O–H groups in total. The number of aliphatic carboxylic acids is 1. The molecular formula is C9H16N2O3. The van der Waals surface area contributed by atoms with Gasteiger partial charge in [-0.1, -0.05) is 0 Å². The van der Waals surface area contributed by atoms with Crippen LogP contribution in [-0.4, -0.2) is 60.0 Å². The van der Waals surface area contributed by atoms with E-state index < -0.39 is 5.97 Å². The SMILES string of the molecule is CN1CCCN(CCC(=O)O)CC1=O. The Kier molecular flexibility index (Phi) is 3.88. The van der Waals surface area contributed by atoms with Gasteiger partial charge in [-0.25, -0.2) is 0 Å². The van der Waals surface area contributed by atoms with Crippen molar-refractivity contribution in [1.82, 2.24) is 9.80 Å². The second-order valence-corrected chi connectivity index (χ2v) is 3.59. The van der Waals surface area contributed by atoms with Gasteiger partial charge in [0.05, 0.1) is 13.0 Å². The quantitative estimate of drug-likeness (QED) is 0.675. The predicted molar refractivity (Wildman–Crippen MR) is 50.9 cm³/mol. The van der Waals surface area contributed by atoms with Crippen LogP contribution in [0.1, 0.15) is 12.8 Å². The summed E-state index contributed by atoms with van der Waals surface area (Å²) in [5, 5.41) is 8.51. The van der Waals surface area contributed by atoms with Crippen molar-refractivity contribution >= 4 is 11.9 Å². The van der Waals surface area contributed by atoms with E-state index in [0.717, 1.165) is 19.5 Å². The Hall–Kier alpha value is -1.10. The van der Waals surface area contributed by atoms with E-state index in [2.05, 4.69) is 0 Å². The normalized spacial score (nSPS) is 19.5. The van der Waals surface area contributed by atoms with Gasteiger partial charge in [0, 0.05) is 26.7 Å². The highest BCUT2D eigenvalue weighted by molar-refractivity contribution is 5.78. The Morgan fingerprint density at radius 3 is 2.86 bits per heavy atom. The minimum absolute atomic E-state index is 0.0767. The Balaban J connectivity index is 2.38. The summed E-state index contributed by atoms with van der Waals surface area (Å²) in [5.41, 5.74) is 0. The highest BCUT2D eigenvalue weighted by Crippen LogP contribution is 2.02. The molecule has 1 heterocycles. The summed E-state index contributed by atoms with van der Waals surface area (Å²) in [6, 6.07) is 0. The topological polar surface area (TPSA) is 60.9 Å². The Morgan fingerprint density at radius 2 is 2.21 bits per heavy atom. The predicted octanol–water partition coefficient (Wildman–Crippen LogP) is -0.375. The van der Waals surface area contributed by atoms with Crippen molar-refractivity contribution in [2.24, 2.45) is 0 Å². The third-order valence-corrected chi connectivity index (χ3v) is 2.39. The lowest BCUT2D eigenvalue weighted by Gasteiger charge is -2.17. The summed E-state index contributed by atoms with van der Waals surface area (Å²) >= 11 is 0. The van der Waals surface area contributed by atoms with Crippen LogP contribution < -0.4 is 0 Å². The molecule has 1 saturated heterocycles. The summed E-state index contributed by atoms with van der Waals surface area (Å²) in [4.78, 5) is 25.4. The zero-order valence-electron chi connectivity index (χ0n) is 8.40. The monoisotopic (exact) mass is 200 g/mol. The number of nitrogens with zero attached hydrogens (tertiary/aromatic N) is 2. The maximum Gasteiger partial charge on any atom is 0.304 e. The Morgan fingerprint density at radius 1 is 1.50 bits per heavy atom. The third-order valence-electron chi connectivity index (χ3n) is 2.39. The van der Waals surface area contributed by atoms with E-state index in [1.54, 1.807) is 11.9 Å². The van der Waals surface area contributed by atoms with Crippen LogP contribution in [0, 0.1) is 0 Å². The molecule has 1 aliphatic heterocycles. The van der Waals surface area contributed by atoms with Crippen LogP contribution in [0.15, 0.2) is 0 Å². The molecule has 5 nitrogen and oxygen atoms in total. The average Bonchev–Trinajstić information content (AvgIpc) is 2.26. The van der Waals surface area contributed by atoms with Crippen molar-refractivity contribution < 1.29 is 14.7 Å². The van der Waals surface area contributed by atoms with Gasteiger partial charge in [-0.15, -0.1) is 0 Å². The van der Waals surface area contributed by atoms with Crippen LogP contribution in [0.5, 0.6) is 0 Å². The van der Waals surface area contributed by atoms with E-state index in [4.69, 9.17) is 5.11 Å². The van der Waals surface area contributed by atoms with Crippen LogP contribution in [0.3, 0.4) is 0 Å². The molecule has 0 aromatic carbocycles. The highest BCUT2D eigenvalue weighted by atomic mass is 16.4. The number of likely N-dealkylation sites (N-methyl/N-ethyl adjacent to an activating group) is 1. The van der Waals surface area contributed by atoms with Gasteiger partial charge in [-0.05, 0) is 6.42 Å². The van der Waals surface area contributed by atoms with Crippen LogP contribution in [0.2, 0.25) is 0 Å². The second kappa shape index (κ2) is 4.95. The maximum absolute atomic E-state index is 11.4. The van der Waals surface area contributed by atoms with E-state index in [1.165, 1.54) is 0 Å². The van der Waals surface area contributed by atoms with Crippen LogP contribution in [0.4, 0.5) is 0 Å². The fraction of sp³-hybridized carbons (Fsp3) is 0.778. The summed E-state index contributed by atoms with van der Waals surface area (Å²) in [5.74, 6) is -0.733. The van der Waals surface area contributed by atoms with Crippen molar-refractivity contribution in [2.75, 3.05) is 33.2 Å². The van der Waals surface area contributed by atoms with E-state index in [0.29, 0.717) is 13.1 Å². The van der Waals surface area contributed by atoms with E-state index in [1.807, 2.05) is 4.90 Å². The van der Waals surface area contributed by atoms with Gasteiger partial charge in [-0.2, -0.15) is 0 Å². The molecule has 1 aliphatic rings. The molecule has 0 spiro atoms. The van der Waals surface area contributed by atoms with Crippen LogP contribution in [-0.2, 0) is 9.59 Å². The number of carboxylic acids is 1. The first-order valence-corrected chi connectivity index (χ1v) is 4.77. The van der Waals surface area contributed by atoms with Gasteiger partial charge < -0.3 is 10.0 Å². The molecule has 0 aromatic rings. The molecule has 0 bridgehead atoms. The summed E-state index contributed by atoms with van der Waals surface area (Å²) < 4.78 is 0. The first kappa shape index (κ1) is 11.0. The minimum Gasteiger partial charge on any atom is -0.481 e. The third kappa shape index (κ3) is 3.33. The fourth-order valence-electron chi connectivity index (χ4n) is 1.49. The zero-order chi connectivity index (χ0) is 10.6. The molecule has 1 rings (SSSR count). The number of carbonyl (C=O) groups excluding carboxylic acids is 1. The first-order chi connectivity index (χ1) is 6.59. The van der Waals surface area contributed by atoms with Gasteiger partial charge in [0.25, 0.3) is 0 Å². The van der Waals surface area contributed by atoms with Gasteiger partial charge in [0.1, 0.15) is 0 Å². The number of carboxylic acid groups (broad SMARTS) is 1. The molecule has 1 fully saturated rings. The lowest BCUT2D eigenvalue weighted by Crippen LogP contribution is -2.35. The van der Waals surface area contributed by atoms with E-state index >= 15 is 0 Å². The Bertz CT molecular complexity index is 230. The first-order valence-electron chi connectivity index (χ1n) is 4.77. The van der Waals surface area contributed by atoms with Crippen LogP contribution >= 0.6 is 0 Å². The minimum atomic E-state index is -0.810. The van der Waals surface area contributed by atoms with Gasteiger partial charge >= 0.3 is 5.97 Å². The van der Waals surface area contributed by atoms with Crippen molar-refractivity contribution in [3.63, 3.8) is 0 Å². The van der Waals surface area contributed by atoms with Gasteiger partial charge in [-0.3, -0.25) is 14.5 Å². The standard InChI is InChI=1S/C9H16N2O3/c1-10-4-2-5-11(7-8(10)12)6-3-9(13)14/h2-7H2,1H3,(H,13,14). The number of amides is 1. The van der Waals surface area contributed by atoms with Crippen molar-refractivity contribution in [1.29, 1.82) is 0 Å². The molecule has 0 unspecified atom stereocenters. The maximum atomic E-state index is 11.4. The lowest BCUT2D eigenvalue weighted by molar-refractivity contribution is -0.138. The average molecular weight is 200 g/mol. The summed E-state index contributed by atoms with van der Waals surface area (Å²) in [7, 11) is 1.78. The molecular weight excluding hydrogens is 184 g/mol. The van der Waals surface area contributed by atoms with Crippen molar-refractivity contribution in [3.8, 4) is 0 Å². The number of carbonyl (C=O) groups is 2. The molecule has 0 aromatic heterocycles.